The Bertz CT molecular complexity index is 1210. The number of alkyl halides is 6. The zero-order valence-corrected chi connectivity index (χ0v) is 22.6. The van der Waals surface area contributed by atoms with Gasteiger partial charge in [0.1, 0.15) is 11.5 Å². The van der Waals surface area contributed by atoms with E-state index in [9.17, 15) is 30.7 Å². The van der Waals surface area contributed by atoms with Gasteiger partial charge in [-0.05, 0) is 87.6 Å². The van der Waals surface area contributed by atoms with E-state index < -0.39 is 40.9 Å². The van der Waals surface area contributed by atoms with Crippen molar-refractivity contribution in [2.75, 3.05) is 0 Å². The van der Waals surface area contributed by atoms with E-state index in [-0.39, 0.29) is 23.4 Å². The van der Waals surface area contributed by atoms with E-state index in [1.807, 2.05) is 0 Å². The van der Waals surface area contributed by atoms with Crippen molar-refractivity contribution in [1.82, 2.24) is 5.32 Å². The van der Waals surface area contributed by atoms with Crippen molar-refractivity contribution in [1.29, 1.82) is 0 Å². The maximum absolute atomic E-state index is 14.7. The van der Waals surface area contributed by atoms with E-state index >= 15 is 0 Å². The molecule has 0 aromatic heterocycles. The minimum atomic E-state index is -4.85. The average Bonchev–Trinajstić information content (AvgIpc) is 2.83. The summed E-state index contributed by atoms with van der Waals surface area (Å²) in [4.78, 5) is 4.66. The van der Waals surface area contributed by atoms with Crippen LogP contribution in [-0.4, -0.2) is 12.0 Å². The Morgan fingerprint density at radius 3 is 2.05 bits per heavy atom. The van der Waals surface area contributed by atoms with Crippen molar-refractivity contribution in [2.24, 2.45) is 16.6 Å². The van der Waals surface area contributed by atoms with Crippen molar-refractivity contribution in [3.05, 3.63) is 94.1 Å². The van der Waals surface area contributed by atoms with E-state index in [1.165, 1.54) is 27.0 Å². The number of nitrogens with one attached hydrogen (secondary N) is 1. The smallest absolute Gasteiger partial charge is 0.405 e. The number of rotatable bonds is 9. The molecule has 2 aromatic carbocycles. The number of aliphatic imine (C=N–C) groups is 1. The number of amidine groups is 1. The van der Waals surface area contributed by atoms with Crippen LogP contribution in [0.3, 0.4) is 0 Å². The van der Waals surface area contributed by atoms with Gasteiger partial charge < -0.3 is 11.1 Å². The van der Waals surface area contributed by atoms with E-state index in [2.05, 4.69) is 10.3 Å². The van der Waals surface area contributed by atoms with Gasteiger partial charge in [-0.15, -0.1) is 0 Å². The van der Waals surface area contributed by atoms with Crippen LogP contribution in [0.15, 0.2) is 76.6 Å². The molecule has 0 amide bonds. The topological polar surface area (TPSA) is 50.4 Å². The quantitative estimate of drug-likeness (QED) is 0.185. The van der Waals surface area contributed by atoms with Gasteiger partial charge in [-0.25, -0.2) is 4.39 Å². The molecule has 0 radical (unpaired) electrons. The fourth-order valence-electron chi connectivity index (χ4n) is 4.44. The third-order valence-electron chi connectivity index (χ3n) is 6.57. The normalized spacial score (nSPS) is 15.5. The second-order valence-electron chi connectivity index (χ2n) is 9.96. The molecule has 0 saturated heterocycles. The van der Waals surface area contributed by atoms with Crippen LogP contribution in [0.5, 0.6) is 0 Å². The number of nitrogens with zero attached hydrogens (tertiary/aromatic N) is 1. The summed E-state index contributed by atoms with van der Waals surface area (Å²) >= 11 is 0. The summed E-state index contributed by atoms with van der Waals surface area (Å²) in [7, 11) is 0. The lowest BCUT2D eigenvalue weighted by atomic mass is 9.72. The highest BCUT2D eigenvalue weighted by Crippen LogP contribution is 2.43. The first kappa shape index (κ1) is 31.9. The van der Waals surface area contributed by atoms with Crippen molar-refractivity contribution < 1.29 is 30.7 Å². The average molecular weight is 558 g/mol. The molecule has 2 atom stereocenters. The molecular formula is C29H34F7N3. The zero-order valence-electron chi connectivity index (χ0n) is 22.6. The highest BCUT2D eigenvalue weighted by molar-refractivity contribution is 5.82. The van der Waals surface area contributed by atoms with Gasteiger partial charge in [-0.3, -0.25) is 4.99 Å². The fourth-order valence-corrected chi connectivity index (χ4v) is 4.44. The first-order valence-electron chi connectivity index (χ1n) is 12.4. The Morgan fingerprint density at radius 2 is 1.54 bits per heavy atom. The van der Waals surface area contributed by atoms with Crippen molar-refractivity contribution >= 4 is 5.84 Å². The summed E-state index contributed by atoms with van der Waals surface area (Å²) < 4.78 is 97.1. The van der Waals surface area contributed by atoms with Gasteiger partial charge in [0.05, 0.1) is 16.9 Å². The number of benzene rings is 2. The van der Waals surface area contributed by atoms with Crippen LogP contribution < -0.4 is 11.1 Å². The summed E-state index contributed by atoms with van der Waals surface area (Å²) in [6, 6.07) is 10.9. The Morgan fingerprint density at radius 1 is 0.949 bits per heavy atom. The van der Waals surface area contributed by atoms with Gasteiger partial charge in [0.15, 0.2) is 0 Å². The van der Waals surface area contributed by atoms with Crippen LogP contribution in [0.2, 0.25) is 0 Å². The number of hydrogen-bond acceptors (Lipinski definition) is 2. The Balaban J connectivity index is 2.88. The SMILES string of the molecule is CC(=NC(Cc1ccccc1)(c1cc(F)cc(C(F)(F)F)c1)[C@H](C)CC/C(C)=C\N)NC(=C(C)C)C(F)(F)F. The minimum Gasteiger partial charge on any atom is -0.405 e. The molecule has 0 bridgehead atoms. The highest BCUT2D eigenvalue weighted by atomic mass is 19.4. The molecule has 3 N–H and O–H groups in total. The lowest BCUT2D eigenvalue weighted by Gasteiger charge is -2.38. The number of hydrogen-bond donors (Lipinski definition) is 2. The molecule has 0 aliphatic heterocycles. The predicted octanol–water partition coefficient (Wildman–Crippen LogP) is 8.43. The predicted molar refractivity (Wildman–Crippen MR) is 140 cm³/mol. The molecule has 2 aromatic rings. The standard InChI is InChI=1S/C29H34F7N3/c1-18(2)26(29(34,35)36)38-21(5)39-27(16-22-9-7-6-8-10-22,20(4)12-11-19(3)17-37)23-13-24(28(31,32)33)15-25(30)14-23/h6-10,13-15,17,20H,11-12,16,37H2,1-5H3,(H,38,39)/b19-17-/t20-,27?/m1/s1. The summed E-state index contributed by atoms with van der Waals surface area (Å²) in [6.07, 6.45) is -7.31. The van der Waals surface area contributed by atoms with E-state index in [0.29, 0.717) is 24.5 Å². The van der Waals surface area contributed by atoms with Crippen LogP contribution in [0.4, 0.5) is 30.7 Å². The van der Waals surface area contributed by atoms with Crippen LogP contribution in [0.1, 0.15) is 64.2 Å². The van der Waals surface area contributed by atoms with Gasteiger partial charge >= 0.3 is 12.4 Å². The van der Waals surface area contributed by atoms with Gasteiger partial charge in [-0.2, -0.15) is 26.3 Å². The molecule has 0 saturated carbocycles. The third-order valence-corrected chi connectivity index (χ3v) is 6.57. The van der Waals surface area contributed by atoms with E-state index in [1.54, 1.807) is 44.2 Å². The highest BCUT2D eigenvalue weighted by Gasteiger charge is 2.42. The van der Waals surface area contributed by atoms with Crippen molar-refractivity contribution in [3.8, 4) is 0 Å². The van der Waals surface area contributed by atoms with Crippen LogP contribution in [0.25, 0.3) is 0 Å². The second-order valence-corrected chi connectivity index (χ2v) is 9.96. The maximum Gasteiger partial charge on any atom is 0.431 e. The number of halogens is 7. The van der Waals surface area contributed by atoms with Gasteiger partial charge in [-0.1, -0.05) is 42.8 Å². The largest absolute Gasteiger partial charge is 0.431 e. The lowest BCUT2D eigenvalue weighted by Crippen LogP contribution is -2.39. The Labute approximate surface area is 224 Å². The van der Waals surface area contributed by atoms with Crippen molar-refractivity contribution in [2.45, 2.75) is 71.8 Å². The number of nitrogens with two attached hydrogens (primary N) is 1. The van der Waals surface area contributed by atoms with Crippen LogP contribution in [-0.2, 0) is 18.1 Å². The number of allylic oxidation sites excluding steroid dienone is 3. The summed E-state index contributed by atoms with van der Waals surface area (Å²) in [5.74, 6) is -1.84. The molecule has 3 nitrogen and oxygen atoms in total. The fraction of sp³-hybridized carbons (Fsp3) is 0.414. The maximum atomic E-state index is 14.7. The molecule has 0 spiro atoms. The molecule has 0 aliphatic carbocycles. The molecular weight excluding hydrogens is 523 g/mol. The molecule has 39 heavy (non-hydrogen) atoms. The Hall–Kier alpha value is -3.30. The molecule has 0 fully saturated rings. The summed E-state index contributed by atoms with van der Waals surface area (Å²) in [5.41, 5.74) is 3.16. The monoisotopic (exact) mass is 557 g/mol. The zero-order chi connectivity index (χ0) is 29.6. The van der Waals surface area contributed by atoms with E-state index in [4.69, 9.17) is 5.73 Å². The molecule has 10 heteroatoms. The molecule has 0 aliphatic rings. The summed E-state index contributed by atoms with van der Waals surface area (Å²) in [6.45, 7) is 7.42. The van der Waals surface area contributed by atoms with Crippen molar-refractivity contribution in [3.63, 3.8) is 0 Å². The second kappa shape index (κ2) is 12.7. The van der Waals surface area contributed by atoms with Crippen LogP contribution in [0, 0.1) is 11.7 Å². The molecule has 0 heterocycles. The van der Waals surface area contributed by atoms with E-state index in [0.717, 1.165) is 17.7 Å². The molecule has 214 valence electrons. The first-order valence-corrected chi connectivity index (χ1v) is 12.4. The third kappa shape index (κ3) is 8.60. The minimum absolute atomic E-state index is 0.0103. The van der Waals surface area contributed by atoms with Gasteiger partial charge in [0, 0.05) is 6.42 Å². The van der Waals surface area contributed by atoms with Gasteiger partial charge in [0.2, 0.25) is 0 Å². The molecule has 1 unspecified atom stereocenters. The first-order chi connectivity index (χ1) is 18.0. The summed E-state index contributed by atoms with van der Waals surface area (Å²) in [5, 5.41) is 2.31. The molecule has 2 rings (SSSR count). The lowest BCUT2D eigenvalue weighted by molar-refractivity contribution is -0.137. The van der Waals surface area contributed by atoms with Crippen LogP contribution >= 0.6 is 0 Å². The van der Waals surface area contributed by atoms with Gasteiger partial charge in [0.25, 0.3) is 0 Å². The Kier molecular flexibility index (Phi) is 10.4.